The average molecular weight is 238 g/mol. The van der Waals surface area contributed by atoms with Crippen LogP contribution in [-0.4, -0.2) is 36.5 Å². The summed E-state index contributed by atoms with van der Waals surface area (Å²) >= 11 is 0. The zero-order chi connectivity index (χ0) is 12.4. The smallest absolute Gasteiger partial charge is 0.227 e. The van der Waals surface area contributed by atoms with Gasteiger partial charge in [-0.1, -0.05) is 13.8 Å². The van der Waals surface area contributed by atoms with Gasteiger partial charge in [-0.2, -0.15) is 0 Å². The topological polar surface area (TPSA) is 32.3 Å². The molecule has 0 aromatic carbocycles. The van der Waals surface area contributed by atoms with Gasteiger partial charge in [0.15, 0.2) is 0 Å². The molecule has 0 spiro atoms. The van der Waals surface area contributed by atoms with E-state index in [-0.39, 0.29) is 5.92 Å². The van der Waals surface area contributed by atoms with Gasteiger partial charge >= 0.3 is 0 Å². The first-order valence-corrected chi connectivity index (χ1v) is 7.11. The highest BCUT2D eigenvalue weighted by Crippen LogP contribution is 2.26. The summed E-state index contributed by atoms with van der Waals surface area (Å²) in [6, 6.07) is 0.353. The van der Waals surface area contributed by atoms with E-state index in [4.69, 9.17) is 0 Å². The van der Waals surface area contributed by atoms with E-state index >= 15 is 0 Å². The molecule has 2 aliphatic rings. The molecule has 0 aliphatic carbocycles. The van der Waals surface area contributed by atoms with Crippen LogP contribution in [0.15, 0.2) is 0 Å². The van der Waals surface area contributed by atoms with Crippen LogP contribution in [0.1, 0.15) is 40.0 Å². The third kappa shape index (κ3) is 2.82. The predicted octanol–water partition coefficient (Wildman–Crippen LogP) is 1.88. The van der Waals surface area contributed by atoms with Gasteiger partial charge in [0.2, 0.25) is 5.91 Å². The van der Waals surface area contributed by atoms with Crippen LogP contribution in [0.3, 0.4) is 0 Å². The number of likely N-dealkylation sites (tertiary alicyclic amines) is 1. The minimum absolute atomic E-state index is 0.212. The van der Waals surface area contributed by atoms with Crippen LogP contribution in [-0.2, 0) is 4.79 Å². The van der Waals surface area contributed by atoms with E-state index in [9.17, 15) is 4.79 Å². The second-order valence-corrected chi connectivity index (χ2v) is 6.02. The lowest BCUT2D eigenvalue weighted by Crippen LogP contribution is -2.51. The highest BCUT2D eigenvalue weighted by atomic mass is 16.2. The minimum Gasteiger partial charge on any atom is -0.342 e. The highest BCUT2D eigenvalue weighted by Gasteiger charge is 2.33. The molecular formula is C14H26N2O. The molecule has 1 amide bonds. The Hall–Kier alpha value is -0.570. The first kappa shape index (κ1) is 12.9. The monoisotopic (exact) mass is 238 g/mol. The number of piperidine rings is 2. The summed E-state index contributed by atoms with van der Waals surface area (Å²) in [5.74, 6) is 2.02. The average Bonchev–Trinajstić information content (AvgIpc) is 2.32. The van der Waals surface area contributed by atoms with Gasteiger partial charge in [0.1, 0.15) is 0 Å². The van der Waals surface area contributed by atoms with Crippen molar-refractivity contribution in [1.82, 2.24) is 10.2 Å². The lowest BCUT2D eigenvalue weighted by Gasteiger charge is -2.39. The fourth-order valence-electron chi connectivity index (χ4n) is 3.08. The second-order valence-electron chi connectivity index (χ2n) is 6.02. The number of nitrogens with zero attached hydrogens (tertiary/aromatic N) is 1. The van der Waals surface area contributed by atoms with Crippen LogP contribution in [0.2, 0.25) is 0 Å². The molecule has 3 heteroatoms. The summed E-state index contributed by atoms with van der Waals surface area (Å²) in [6.07, 6.45) is 3.37. The molecule has 1 N–H and O–H groups in total. The Morgan fingerprint density at radius 2 is 1.94 bits per heavy atom. The van der Waals surface area contributed by atoms with Crippen molar-refractivity contribution >= 4 is 5.91 Å². The molecule has 0 aromatic rings. The quantitative estimate of drug-likeness (QED) is 0.756. The molecule has 0 bridgehead atoms. The van der Waals surface area contributed by atoms with Crippen molar-refractivity contribution in [3.63, 3.8) is 0 Å². The largest absolute Gasteiger partial charge is 0.342 e. The lowest BCUT2D eigenvalue weighted by atomic mass is 9.86. The van der Waals surface area contributed by atoms with Gasteiger partial charge in [-0.25, -0.2) is 0 Å². The van der Waals surface area contributed by atoms with Crippen molar-refractivity contribution in [3.05, 3.63) is 0 Å². The third-order valence-corrected chi connectivity index (χ3v) is 4.72. The Morgan fingerprint density at radius 3 is 2.59 bits per heavy atom. The fraction of sp³-hybridized carbons (Fsp3) is 0.929. The van der Waals surface area contributed by atoms with Crippen LogP contribution < -0.4 is 5.32 Å². The Labute approximate surface area is 105 Å². The summed E-state index contributed by atoms with van der Waals surface area (Å²) in [4.78, 5) is 14.6. The Kier molecular flexibility index (Phi) is 4.08. The number of nitrogens with one attached hydrogen (secondary N) is 1. The van der Waals surface area contributed by atoms with Crippen molar-refractivity contribution in [3.8, 4) is 0 Å². The number of hydrogen-bond acceptors (Lipinski definition) is 2. The summed E-state index contributed by atoms with van der Waals surface area (Å²) in [5.41, 5.74) is 0. The van der Waals surface area contributed by atoms with E-state index in [0.29, 0.717) is 17.9 Å². The van der Waals surface area contributed by atoms with Crippen LogP contribution in [0.5, 0.6) is 0 Å². The first-order chi connectivity index (χ1) is 8.09. The van der Waals surface area contributed by atoms with E-state index in [0.717, 1.165) is 38.4 Å². The van der Waals surface area contributed by atoms with Crippen LogP contribution in [0.4, 0.5) is 0 Å². The van der Waals surface area contributed by atoms with Crippen molar-refractivity contribution in [2.75, 3.05) is 19.6 Å². The van der Waals surface area contributed by atoms with Crippen molar-refractivity contribution in [2.24, 2.45) is 17.8 Å². The van der Waals surface area contributed by atoms with Crippen LogP contribution in [0.25, 0.3) is 0 Å². The SMILES string of the molecule is CC1CCN(C(=O)C2CCCNC2C)CC1C. The zero-order valence-corrected chi connectivity index (χ0v) is 11.4. The number of amides is 1. The van der Waals surface area contributed by atoms with Crippen LogP contribution in [0, 0.1) is 17.8 Å². The summed E-state index contributed by atoms with van der Waals surface area (Å²) in [5, 5.41) is 3.42. The fourth-order valence-corrected chi connectivity index (χ4v) is 3.08. The second kappa shape index (κ2) is 5.38. The minimum atomic E-state index is 0.212. The Bertz CT molecular complexity index is 279. The maximum atomic E-state index is 12.5. The molecule has 2 fully saturated rings. The van der Waals surface area contributed by atoms with Gasteiger partial charge in [-0.3, -0.25) is 4.79 Å². The van der Waals surface area contributed by atoms with E-state index in [2.05, 4.69) is 31.0 Å². The zero-order valence-electron chi connectivity index (χ0n) is 11.4. The summed E-state index contributed by atoms with van der Waals surface area (Å²) < 4.78 is 0. The summed E-state index contributed by atoms with van der Waals surface area (Å²) in [6.45, 7) is 9.72. The van der Waals surface area contributed by atoms with Crippen molar-refractivity contribution in [1.29, 1.82) is 0 Å². The van der Waals surface area contributed by atoms with Gasteiger partial charge in [-0.15, -0.1) is 0 Å². The normalized spacial score (nSPS) is 39.1. The van der Waals surface area contributed by atoms with E-state index < -0.39 is 0 Å². The van der Waals surface area contributed by atoms with Gasteiger partial charge in [0, 0.05) is 19.1 Å². The molecule has 0 saturated carbocycles. The molecule has 3 nitrogen and oxygen atoms in total. The molecular weight excluding hydrogens is 212 g/mol. The molecule has 2 rings (SSSR count). The lowest BCUT2D eigenvalue weighted by molar-refractivity contribution is -0.139. The predicted molar refractivity (Wildman–Crippen MR) is 69.7 cm³/mol. The van der Waals surface area contributed by atoms with Gasteiger partial charge < -0.3 is 10.2 Å². The third-order valence-electron chi connectivity index (χ3n) is 4.72. The van der Waals surface area contributed by atoms with Crippen molar-refractivity contribution < 1.29 is 4.79 Å². The molecule has 98 valence electrons. The molecule has 4 atom stereocenters. The molecule has 0 aromatic heterocycles. The number of carbonyl (C=O) groups excluding carboxylic acids is 1. The first-order valence-electron chi connectivity index (χ1n) is 7.11. The number of hydrogen-bond donors (Lipinski definition) is 1. The van der Waals surface area contributed by atoms with Crippen LogP contribution >= 0.6 is 0 Å². The van der Waals surface area contributed by atoms with Gasteiger partial charge in [0.25, 0.3) is 0 Å². The number of rotatable bonds is 1. The molecule has 0 radical (unpaired) electrons. The maximum absolute atomic E-state index is 12.5. The van der Waals surface area contributed by atoms with E-state index in [1.165, 1.54) is 6.42 Å². The molecule has 2 aliphatic heterocycles. The highest BCUT2D eigenvalue weighted by molar-refractivity contribution is 5.79. The van der Waals surface area contributed by atoms with Gasteiger partial charge in [0.05, 0.1) is 5.92 Å². The standard InChI is InChI=1S/C14H26N2O/c1-10-6-8-16(9-11(10)2)14(17)13-5-4-7-15-12(13)3/h10-13,15H,4-9H2,1-3H3. The Morgan fingerprint density at radius 1 is 1.18 bits per heavy atom. The summed E-state index contributed by atoms with van der Waals surface area (Å²) in [7, 11) is 0. The molecule has 2 heterocycles. The molecule has 17 heavy (non-hydrogen) atoms. The molecule has 2 saturated heterocycles. The van der Waals surface area contributed by atoms with Gasteiger partial charge in [-0.05, 0) is 44.6 Å². The van der Waals surface area contributed by atoms with Crippen molar-refractivity contribution in [2.45, 2.75) is 46.1 Å². The van der Waals surface area contributed by atoms with E-state index in [1.54, 1.807) is 0 Å². The number of carbonyl (C=O) groups is 1. The molecule has 4 unspecified atom stereocenters. The Balaban J connectivity index is 1.95. The maximum Gasteiger partial charge on any atom is 0.227 e. The van der Waals surface area contributed by atoms with E-state index in [1.807, 2.05) is 0 Å².